The number of nitrogens with zero attached hydrogens (tertiary/aromatic N) is 3. The molecule has 3 aromatic heterocycles. The van der Waals surface area contributed by atoms with Crippen LogP contribution in [-0.4, -0.2) is 27.9 Å². The Morgan fingerprint density at radius 2 is 1.90 bits per heavy atom. The molecule has 0 unspecified atom stereocenters. The summed E-state index contributed by atoms with van der Waals surface area (Å²) < 4.78 is 6.87. The van der Waals surface area contributed by atoms with Crippen molar-refractivity contribution in [2.75, 3.05) is 12.4 Å². The molecule has 11 heteroatoms. The Labute approximate surface area is 186 Å². The number of methoxy groups -OCH3 is 1. The molecule has 8 nitrogen and oxygen atoms in total. The number of aromatic nitrogens is 2. The molecular weight excluding hydrogens is 456 g/mol. The van der Waals surface area contributed by atoms with Crippen LogP contribution in [-0.2, 0) is 0 Å². The van der Waals surface area contributed by atoms with Crippen molar-refractivity contribution in [3.8, 4) is 15.6 Å². The van der Waals surface area contributed by atoms with Gasteiger partial charge in [-0.25, -0.2) is 9.97 Å². The number of hydrogen-bond donors (Lipinski definition) is 1. The average molecular weight is 469 g/mol. The normalized spacial score (nSPS) is 11.1. The highest BCUT2D eigenvalue weighted by Crippen LogP contribution is 2.37. The van der Waals surface area contributed by atoms with Gasteiger partial charge in [0.15, 0.2) is 10.9 Å². The highest BCUT2D eigenvalue weighted by molar-refractivity contribution is 7.26. The summed E-state index contributed by atoms with van der Waals surface area (Å²) in [6.45, 7) is 0. The molecule has 0 saturated heterocycles. The number of nitro benzene ring substituents is 1. The molecule has 0 bridgehead atoms. The van der Waals surface area contributed by atoms with E-state index in [0.717, 1.165) is 31.4 Å². The molecule has 3 heterocycles. The summed E-state index contributed by atoms with van der Waals surface area (Å²) >= 11 is 4.08. The molecular formula is C20H12N4O4S3. The molecule has 0 aliphatic rings. The second-order valence-electron chi connectivity index (χ2n) is 6.38. The van der Waals surface area contributed by atoms with Crippen LogP contribution in [0, 0.1) is 10.1 Å². The molecule has 2 aromatic carbocycles. The van der Waals surface area contributed by atoms with Gasteiger partial charge < -0.3 is 4.74 Å². The van der Waals surface area contributed by atoms with Gasteiger partial charge in [0.05, 0.1) is 42.8 Å². The number of amides is 1. The van der Waals surface area contributed by atoms with Gasteiger partial charge in [-0.3, -0.25) is 20.2 Å². The van der Waals surface area contributed by atoms with Crippen molar-refractivity contribution in [3.63, 3.8) is 0 Å². The van der Waals surface area contributed by atoms with Crippen LogP contribution in [0.15, 0.2) is 48.5 Å². The number of nitro groups is 1. The standard InChI is InChI=1S/C20H12N4O4S3/c1-28-12-8-10(24(26)27)9-16-17(12)22-20(31-16)23-18(25)14-6-7-15(29-14)19-21-11-4-2-3-5-13(11)30-19/h2-9H,1H3,(H,22,23,25). The fourth-order valence-electron chi connectivity index (χ4n) is 3.01. The highest BCUT2D eigenvalue weighted by atomic mass is 32.1. The van der Waals surface area contributed by atoms with E-state index in [1.54, 1.807) is 17.4 Å². The third-order valence-electron chi connectivity index (χ3n) is 4.43. The van der Waals surface area contributed by atoms with Crippen molar-refractivity contribution < 1.29 is 14.5 Å². The Hall–Kier alpha value is -3.41. The van der Waals surface area contributed by atoms with E-state index in [9.17, 15) is 14.9 Å². The molecule has 0 spiro atoms. The molecule has 0 radical (unpaired) electrons. The number of fused-ring (bicyclic) bond motifs is 2. The zero-order valence-corrected chi connectivity index (χ0v) is 18.3. The van der Waals surface area contributed by atoms with Crippen molar-refractivity contribution in [1.82, 2.24) is 9.97 Å². The highest BCUT2D eigenvalue weighted by Gasteiger charge is 2.19. The van der Waals surface area contributed by atoms with Crippen LogP contribution in [0.1, 0.15) is 9.67 Å². The zero-order chi connectivity index (χ0) is 21.5. The van der Waals surface area contributed by atoms with Crippen LogP contribution in [0.4, 0.5) is 10.8 Å². The van der Waals surface area contributed by atoms with Gasteiger partial charge >= 0.3 is 0 Å². The molecule has 31 heavy (non-hydrogen) atoms. The Morgan fingerprint density at radius 3 is 2.68 bits per heavy atom. The van der Waals surface area contributed by atoms with E-state index in [4.69, 9.17) is 4.74 Å². The van der Waals surface area contributed by atoms with Gasteiger partial charge in [-0.15, -0.1) is 22.7 Å². The number of carbonyl (C=O) groups excluding carboxylic acids is 1. The van der Waals surface area contributed by atoms with Crippen molar-refractivity contribution in [3.05, 3.63) is 63.5 Å². The maximum Gasteiger partial charge on any atom is 0.274 e. The first-order valence-corrected chi connectivity index (χ1v) is 11.4. The molecule has 0 aliphatic heterocycles. The summed E-state index contributed by atoms with van der Waals surface area (Å²) in [5.41, 5.74) is 1.30. The number of para-hydroxylation sites is 1. The zero-order valence-electron chi connectivity index (χ0n) is 15.8. The number of thiazole rings is 2. The molecule has 5 aromatic rings. The molecule has 154 valence electrons. The number of carbonyl (C=O) groups is 1. The van der Waals surface area contributed by atoms with Crippen LogP contribution in [0.3, 0.4) is 0 Å². The lowest BCUT2D eigenvalue weighted by Crippen LogP contribution is -2.09. The first-order valence-electron chi connectivity index (χ1n) is 8.92. The van der Waals surface area contributed by atoms with Crippen molar-refractivity contribution in [2.24, 2.45) is 0 Å². The van der Waals surface area contributed by atoms with E-state index in [-0.39, 0.29) is 17.3 Å². The summed E-state index contributed by atoms with van der Waals surface area (Å²) in [7, 11) is 1.42. The second-order valence-corrected chi connectivity index (χ2v) is 9.52. The number of hydrogen-bond acceptors (Lipinski definition) is 9. The average Bonchev–Trinajstić information content (AvgIpc) is 3.49. The van der Waals surface area contributed by atoms with Crippen LogP contribution in [0.2, 0.25) is 0 Å². The van der Waals surface area contributed by atoms with Gasteiger partial charge in [0.1, 0.15) is 10.5 Å². The van der Waals surface area contributed by atoms with Crippen LogP contribution in [0.25, 0.3) is 30.3 Å². The number of benzene rings is 2. The maximum absolute atomic E-state index is 12.7. The van der Waals surface area contributed by atoms with Crippen molar-refractivity contribution in [1.29, 1.82) is 0 Å². The van der Waals surface area contributed by atoms with E-state index in [1.165, 1.54) is 30.6 Å². The Morgan fingerprint density at radius 1 is 1.06 bits per heavy atom. The first kappa shape index (κ1) is 19.5. The largest absolute Gasteiger partial charge is 0.494 e. The quantitative estimate of drug-likeness (QED) is 0.258. The molecule has 5 rings (SSSR count). The first-order chi connectivity index (χ1) is 15.0. The van der Waals surface area contributed by atoms with Gasteiger partial charge in [0.25, 0.3) is 11.6 Å². The van der Waals surface area contributed by atoms with Crippen LogP contribution >= 0.6 is 34.0 Å². The predicted molar refractivity (Wildman–Crippen MR) is 124 cm³/mol. The number of nitrogens with one attached hydrogen (secondary N) is 1. The van der Waals surface area contributed by atoms with Gasteiger partial charge in [-0.2, -0.15) is 0 Å². The lowest BCUT2D eigenvalue weighted by molar-refractivity contribution is -0.384. The van der Waals surface area contributed by atoms with Gasteiger partial charge in [0.2, 0.25) is 0 Å². The number of rotatable bonds is 5. The third-order valence-corrected chi connectivity index (χ3v) is 7.64. The SMILES string of the molecule is COc1cc([N+](=O)[O-])cc2sc(NC(=O)c3ccc(-c4nc5ccccc5s4)s3)nc12. The van der Waals surface area contributed by atoms with Crippen LogP contribution < -0.4 is 10.1 Å². The topological polar surface area (TPSA) is 107 Å². The molecule has 0 atom stereocenters. The monoisotopic (exact) mass is 468 g/mol. The second kappa shape index (κ2) is 7.69. The molecule has 0 aliphatic carbocycles. The Balaban J connectivity index is 1.41. The Kier molecular flexibility index (Phi) is 4.85. The summed E-state index contributed by atoms with van der Waals surface area (Å²) in [6, 6.07) is 14.3. The minimum absolute atomic E-state index is 0.0930. The van der Waals surface area contributed by atoms with E-state index in [0.29, 0.717) is 20.2 Å². The van der Waals surface area contributed by atoms with Gasteiger partial charge in [0, 0.05) is 6.07 Å². The van der Waals surface area contributed by atoms with Crippen LogP contribution in [0.5, 0.6) is 5.75 Å². The predicted octanol–water partition coefficient (Wildman–Crippen LogP) is 5.80. The summed E-state index contributed by atoms with van der Waals surface area (Å²) in [5, 5.41) is 15.1. The number of non-ortho nitro benzene ring substituents is 1. The molecule has 1 amide bonds. The van der Waals surface area contributed by atoms with Crippen molar-refractivity contribution in [2.45, 2.75) is 0 Å². The smallest absolute Gasteiger partial charge is 0.274 e. The van der Waals surface area contributed by atoms with E-state index < -0.39 is 4.92 Å². The Bertz CT molecular complexity index is 1440. The molecule has 0 saturated carbocycles. The molecule has 0 fully saturated rings. The number of anilines is 1. The van der Waals surface area contributed by atoms with Gasteiger partial charge in [-0.1, -0.05) is 23.5 Å². The number of ether oxygens (including phenoxy) is 1. The third kappa shape index (κ3) is 3.63. The van der Waals surface area contributed by atoms with E-state index in [1.807, 2.05) is 30.3 Å². The minimum Gasteiger partial charge on any atom is -0.494 e. The van der Waals surface area contributed by atoms with Crippen molar-refractivity contribution >= 4 is 71.2 Å². The fourth-order valence-corrected chi connectivity index (χ4v) is 5.84. The maximum atomic E-state index is 12.7. The minimum atomic E-state index is -0.491. The fraction of sp³-hybridized carbons (Fsp3) is 0.0500. The summed E-state index contributed by atoms with van der Waals surface area (Å²) in [5.74, 6) is -0.0138. The lowest BCUT2D eigenvalue weighted by Gasteiger charge is -2.00. The van der Waals surface area contributed by atoms with E-state index in [2.05, 4.69) is 15.3 Å². The summed E-state index contributed by atoms with van der Waals surface area (Å²) in [6.07, 6.45) is 0. The van der Waals surface area contributed by atoms with Gasteiger partial charge in [-0.05, 0) is 24.3 Å². The van der Waals surface area contributed by atoms with E-state index >= 15 is 0 Å². The summed E-state index contributed by atoms with van der Waals surface area (Å²) in [4.78, 5) is 33.8. The molecule has 1 N–H and O–H groups in total. The lowest BCUT2D eigenvalue weighted by atomic mass is 10.3. The number of thiophene rings is 1.